The summed E-state index contributed by atoms with van der Waals surface area (Å²) in [4.78, 5) is 45.9. The first-order valence-corrected chi connectivity index (χ1v) is 14.8. The van der Waals surface area contributed by atoms with E-state index in [0.717, 1.165) is 51.9 Å². The van der Waals surface area contributed by atoms with Gasteiger partial charge in [-0.15, -0.1) is 0 Å². The van der Waals surface area contributed by atoms with Crippen LogP contribution in [-0.2, 0) is 53.3 Å². The smallest absolute Gasteiger partial charge is 0.187 e. The Morgan fingerprint density at radius 3 is 0.745 bits per heavy atom. The zero-order chi connectivity index (χ0) is 31.2. The molecule has 0 aromatic heterocycles. The molecule has 0 unspecified atom stereocenters. The van der Waals surface area contributed by atoms with Gasteiger partial charge in [0.05, 0.1) is 0 Å². The van der Waals surface area contributed by atoms with Crippen LogP contribution in [0.1, 0.15) is 25.7 Å². The quantitative estimate of drug-likeness (QED) is 0.121. The van der Waals surface area contributed by atoms with Crippen molar-refractivity contribution >= 4 is 23.1 Å². The summed E-state index contributed by atoms with van der Waals surface area (Å²) in [6, 6.07) is 0. The molecular weight excluding hydrogens is 680 g/mol. The van der Waals surface area contributed by atoms with Crippen LogP contribution < -0.4 is 21.3 Å². The van der Waals surface area contributed by atoms with Crippen LogP contribution in [0.25, 0.3) is 0 Å². The molecule has 4 rings (SSSR count). The van der Waals surface area contributed by atoms with Crippen LogP contribution >= 0.6 is 0 Å². The number of unbranched alkanes of at least 4 members (excludes halogenated alkanes) is 2. The molecule has 11 heteroatoms. The summed E-state index contributed by atoms with van der Waals surface area (Å²) in [5, 5.41) is 12.6. The second-order valence-electron chi connectivity index (χ2n) is 9.96. The predicted molar refractivity (Wildman–Crippen MR) is 180 cm³/mol. The summed E-state index contributed by atoms with van der Waals surface area (Å²) >= 11 is 0. The molecule has 47 heavy (non-hydrogen) atoms. The number of hydrogen-bond donors (Lipinski definition) is 4. The zero-order valence-corrected chi connectivity index (χ0v) is 28.3. The average molecular weight is 722 g/mol. The fourth-order valence-electron chi connectivity index (χ4n) is 4.04. The van der Waals surface area contributed by atoms with Crippen LogP contribution in [0.2, 0.25) is 0 Å². The van der Waals surface area contributed by atoms with E-state index in [4.69, 9.17) is 0 Å². The first kappa shape index (κ1) is 42.8. The minimum atomic E-state index is 0. The molecule has 0 heterocycles. The molecule has 252 valence electrons. The van der Waals surface area contributed by atoms with Crippen molar-refractivity contribution in [3.63, 3.8) is 0 Å². The van der Waals surface area contributed by atoms with Gasteiger partial charge in [0, 0.05) is 107 Å². The Morgan fingerprint density at radius 1 is 0.362 bits per heavy atom. The minimum absolute atomic E-state index is 0. The second-order valence-corrected chi connectivity index (χ2v) is 9.96. The largest absolute Gasteiger partial charge is 0.412 e. The molecule has 0 amide bonds. The molecule has 4 aliphatic rings. The zero-order valence-electron chi connectivity index (χ0n) is 26.0. The van der Waals surface area contributed by atoms with Crippen molar-refractivity contribution in [3.8, 4) is 0 Å². The normalized spacial score (nSPS) is 18.9. The van der Waals surface area contributed by atoms with Gasteiger partial charge in [-0.1, -0.05) is 48.6 Å². The summed E-state index contributed by atoms with van der Waals surface area (Å²) in [6.45, 7) is 3.25. The minimum Gasteiger partial charge on any atom is -0.412 e. The monoisotopic (exact) mass is 722 g/mol. The second kappa shape index (κ2) is 25.9. The van der Waals surface area contributed by atoms with Gasteiger partial charge in [-0.25, -0.2) is 0 Å². The molecule has 6 N–H and O–H groups in total. The van der Waals surface area contributed by atoms with Crippen LogP contribution in [0.5, 0.6) is 0 Å². The van der Waals surface area contributed by atoms with E-state index in [1.54, 1.807) is 97.7 Å². The van der Waals surface area contributed by atoms with Gasteiger partial charge in [0.15, 0.2) is 23.1 Å². The molecule has 0 aromatic rings. The molecular formula is C36H42Fe2N4O5. The average Bonchev–Trinajstić information content (AvgIpc) is 3.03. The number of hydrogen-bond acceptors (Lipinski definition) is 8. The van der Waals surface area contributed by atoms with Crippen molar-refractivity contribution in [1.29, 1.82) is 0 Å². The van der Waals surface area contributed by atoms with Crippen molar-refractivity contribution in [2.75, 3.05) is 26.2 Å². The maximum atomic E-state index is 11.5. The Bertz CT molecular complexity index is 1220. The van der Waals surface area contributed by atoms with E-state index in [2.05, 4.69) is 21.3 Å². The molecule has 0 aromatic carbocycles. The first-order valence-electron chi connectivity index (χ1n) is 14.8. The third kappa shape index (κ3) is 17.3. The Hall–Kier alpha value is -4.24. The van der Waals surface area contributed by atoms with E-state index in [9.17, 15) is 19.2 Å². The van der Waals surface area contributed by atoms with Crippen LogP contribution in [0.3, 0.4) is 0 Å². The van der Waals surface area contributed by atoms with Gasteiger partial charge in [-0.3, -0.25) is 19.2 Å². The summed E-state index contributed by atoms with van der Waals surface area (Å²) < 4.78 is 0. The van der Waals surface area contributed by atoms with Crippen LogP contribution in [0, 0.1) is 0 Å². The Kier molecular flexibility index (Phi) is 23.6. The van der Waals surface area contributed by atoms with Crippen LogP contribution in [0.15, 0.2) is 144 Å². The van der Waals surface area contributed by atoms with Crippen LogP contribution in [0.4, 0.5) is 0 Å². The van der Waals surface area contributed by atoms with Crippen molar-refractivity contribution < 1.29 is 58.8 Å². The van der Waals surface area contributed by atoms with Gasteiger partial charge >= 0.3 is 0 Å². The van der Waals surface area contributed by atoms with Gasteiger partial charge in [-0.05, 0) is 74.3 Å². The number of ketones is 4. The third-order valence-electron chi connectivity index (χ3n) is 6.49. The Balaban J connectivity index is 0.000000846. The Morgan fingerprint density at radius 2 is 0.553 bits per heavy atom. The van der Waals surface area contributed by atoms with Gasteiger partial charge in [0.25, 0.3) is 0 Å². The van der Waals surface area contributed by atoms with Crippen molar-refractivity contribution in [1.82, 2.24) is 21.3 Å². The molecule has 9 nitrogen and oxygen atoms in total. The van der Waals surface area contributed by atoms with E-state index in [0.29, 0.717) is 22.3 Å². The molecule has 0 aliphatic heterocycles. The van der Waals surface area contributed by atoms with Crippen molar-refractivity contribution in [3.05, 3.63) is 144 Å². The SMILES string of the molecule is O.O=C1C=CC=CC1=CNCCCCNC=C1C=CC=CC1=O.O=C1C=CC=CC1=CNCCCCNC=C1C=CC=CC1=O.[Fe].[Fe]. The molecule has 0 spiro atoms. The number of allylic oxidation sites excluding steroid dienone is 20. The predicted octanol–water partition coefficient (Wildman–Crippen LogP) is 3.38. The van der Waals surface area contributed by atoms with Crippen molar-refractivity contribution in [2.45, 2.75) is 25.7 Å². The van der Waals surface area contributed by atoms with E-state index in [1.807, 2.05) is 24.3 Å². The summed E-state index contributed by atoms with van der Waals surface area (Å²) in [5.74, 6) is 0.121. The van der Waals surface area contributed by atoms with E-state index < -0.39 is 0 Å². The Labute approximate surface area is 298 Å². The number of rotatable bonds is 14. The van der Waals surface area contributed by atoms with Gasteiger partial charge in [-0.2, -0.15) is 0 Å². The van der Waals surface area contributed by atoms with Gasteiger partial charge in [0.2, 0.25) is 0 Å². The van der Waals surface area contributed by atoms with Gasteiger partial charge < -0.3 is 26.7 Å². The molecule has 0 bridgehead atoms. The number of nitrogens with one attached hydrogen (secondary N) is 4. The molecule has 0 saturated heterocycles. The molecule has 0 saturated carbocycles. The summed E-state index contributed by atoms with van der Waals surface area (Å²) in [7, 11) is 0. The fraction of sp³-hybridized carbons (Fsp3) is 0.222. The topological polar surface area (TPSA) is 148 Å². The maximum absolute atomic E-state index is 11.5. The molecule has 0 fully saturated rings. The maximum Gasteiger partial charge on any atom is 0.187 e. The first-order chi connectivity index (χ1) is 21.5. The van der Waals surface area contributed by atoms with Crippen molar-refractivity contribution in [2.24, 2.45) is 0 Å². The van der Waals surface area contributed by atoms with Crippen LogP contribution in [-0.4, -0.2) is 54.8 Å². The van der Waals surface area contributed by atoms with E-state index >= 15 is 0 Å². The van der Waals surface area contributed by atoms with E-state index in [1.165, 1.54) is 0 Å². The molecule has 4 aliphatic carbocycles. The summed E-state index contributed by atoms with van der Waals surface area (Å²) in [5.41, 5.74) is 2.73. The number of carbonyl (C=O) groups is 4. The molecule has 0 radical (unpaired) electrons. The van der Waals surface area contributed by atoms with E-state index in [-0.39, 0.29) is 62.7 Å². The fourth-order valence-corrected chi connectivity index (χ4v) is 4.04. The third-order valence-corrected chi connectivity index (χ3v) is 6.49. The molecule has 0 atom stereocenters. The summed E-state index contributed by atoms with van der Waals surface area (Å²) in [6.07, 6.45) is 38.7. The standard InChI is InChI=1S/2C18H20N2O2.2Fe.H2O/c2*21-17-9-3-1-7-15(17)13-19-11-5-6-12-20-14-16-8-2-4-10-18(16)22;;;/h2*1-4,7-10,13-14,19-20H,5-6,11-12H2;;;1H2. The number of carbonyl (C=O) groups excluding carboxylic acids is 4. The van der Waals surface area contributed by atoms with Gasteiger partial charge in [0.1, 0.15) is 0 Å².